The van der Waals surface area contributed by atoms with Gasteiger partial charge in [0, 0.05) is 35.2 Å². The third-order valence-electron chi connectivity index (χ3n) is 4.63. The number of nitrogens with two attached hydrogens (primary N) is 1. The molecule has 1 saturated heterocycles. The van der Waals surface area contributed by atoms with Crippen LogP contribution in [0.3, 0.4) is 0 Å². The van der Waals surface area contributed by atoms with Crippen LogP contribution in [0.5, 0.6) is 0 Å². The summed E-state index contributed by atoms with van der Waals surface area (Å²) < 4.78 is 2.08. The Hall–Kier alpha value is -1.78. The average molecular weight is 332 g/mol. The zero-order valence-electron chi connectivity index (χ0n) is 13.6. The lowest BCUT2D eigenvalue weighted by molar-refractivity contribution is 0.0787. The van der Waals surface area contributed by atoms with E-state index in [2.05, 4.69) is 4.57 Å². The first-order chi connectivity index (χ1) is 11.0. The van der Waals surface area contributed by atoms with E-state index in [-0.39, 0.29) is 5.91 Å². The maximum Gasteiger partial charge on any atom is 0.255 e. The third-order valence-corrected chi connectivity index (χ3v) is 4.87. The number of benzene rings is 1. The maximum absolute atomic E-state index is 12.8. The molecule has 2 aromatic rings. The van der Waals surface area contributed by atoms with Gasteiger partial charge in [-0.25, -0.2) is 0 Å². The molecule has 1 fully saturated rings. The number of carbonyl (C=O) groups excluding carboxylic acids is 1. The Bertz CT molecular complexity index is 738. The van der Waals surface area contributed by atoms with Crippen LogP contribution in [0.4, 0.5) is 0 Å². The fourth-order valence-corrected chi connectivity index (χ4v) is 3.56. The van der Waals surface area contributed by atoms with Crippen LogP contribution in [0.15, 0.2) is 30.3 Å². The summed E-state index contributed by atoms with van der Waals surface area (Å²) in [6, 6.07) is 9.65. The Kier molecular flexibility index (Phi) is 4.46. The Morgan fingerprint density at radius 1 is 1.35 bits per heavy atom. The molecule has 23 heavy (non-hydrogen) atoms. The molecule has 122 valence electrons. The summed E-state index contributed by atoms with van der Waals surface area (Å²) in [7, 11) is 0. The summed E-state index contributed by atoms with van der Waals surface area (Å²) in [5.41, 5.74) is 9.45. The molecular weight excluding hydrogens is 310 g/mol. The second kappa shape index (κ2) is 6.38. The molecule has 1 atom stereocenters. The fraction of sp³-hybridized carbons (Fsp3) is 0.389. The van der Waals surface area contributed by atoms with Crippen LogP contribution in [-0.2, 0) is 0 Å². The van der Waals surface area contributed by atoms with E-state index in [0.717, 1.165) is 42.1 Å². The van der Waals surface area contributed by atoms with Crippen LogP contribution >= 0.6 is 11.6 Å². The lowest BCUT2D eigenvalue weighted by atomic mass is 10.1. The van der Waals surface area contributed by atoms with Gasteiger partial charge in [-0.3, -0.25) is 4.79 Å². The number of likely N-dealkylation sites (tertiary alicyclic amines) is 1. The highest BCUT2D eigenvalue weighted by Crippen LogP contribution is 2.25. The van der Waals surface area contributed by atoms with Gasteiger partial charge < -0.3 is 15.2 Å². The normalized spacial score (nSPS) is 17.7. The van der Waals surface area contributed by atoms with Crippen molar-refractivity contribution >= 4 is 17.5 Å². The van der Waals surface area contributed by atoms with Crippen molar-refractivity contribution in [2.75, 3.05) is 19.6 Å². The van der Waals surface area contributed by atoms with Crippen LogP contribution in [0.2, 0.25) is 5.02 Å². The lowest BCUT2D eigenvalue weighted by Crippen LogP contribution is -2.30. The topological polar surface area (TPSA) is 51.3 Å². The number of halogens is 1. The molecule has 0 saturated carbocycles. The average Bonchev–Trinajstić information content (AvgIpc) is 3.11. The molecule has 0 aliphatic carbocycles. The molecule has 0 bridgehead atoms. The summed E-state index contributed by atoms with van der Waals surface area (Å²) >= 11 is 6.10. The molecule has 5 heteroatoms. The van der Waals surface area contributed by atoms with E-state index in [0.29, 0.717) is 17.5 Å². The molecule has 2 N–H and O–H groups in total. The molecule has 0 spiro atoms. The number of hydrogen-bond donors (Lipinski definition) is 1. The smallest absolute Gasteiger partial charge is 0.255 e. The van der Waals surface area contributed by atoms with Gasteiger partial charge in [-0.2, -0.15) is 0 Å². The first-order valence-electron chi connectivity index (χ1n) is 7.95. The van der Waals surface area contributed by atoms with E-state index in [1.165, 1.54) is 0 Å². The van der Waals surface area contributed by atoms with Crippen LogP contribution in [-0.4, -0.2) is 35.0 Å². The van der Waals surface area contributed by atoms with Crippen LogP contribution in [0.1, 0.15) is 28.2 Å². The Labute approximate surface area is 141 Å². The first-order valence-corrected chi connectivity index (χ1v) is 8.33. The number of carbonyl (C=O) groups is 1. The van der Waals surface area contributed by atoms with E-state index in [1.807, 2.05) is 49.1 Å². The molecule has 3 rings (SSSR count). The van der Waals surface area contributed by atoms with E-state index in [1.54, 1.807) is 0 Å². The van der Waals surface area contributed by atoms with Crippen molar-refractivity contribution in [1.82, 2.24) is 9.47 Å². The number of amides is 1. The Morgan fingerprint density at radius 3 is 2.78 bits per heavy atom. The molecular formula is C18H22ClN3O. The van der Waals surface area contributed by atoms with Gasteiger partial charge in [0.05, 0.1) is 5.56 Å². The van der Waals surface area contributed by atoms with Gasteiger partial charge in [0.15, 0.2) is 0 Å². The fourth-order valence-electron chi connectivity index (χ4n) is 3.37. The summed E-state index contributed by atoms with van der Waals surface area (Å²) in [5.74, 6) is 0.526. The highest BCUT2D eigenvalue weighted by molar-refractivity contribution is 6.30. The van der Waals surface area contributed by atoms with Gasteiger partial charge in [0.25, 0.3) is 5.91 Å². The third kappa shape index (κ3) is 3.01. The van der Waals surface area contributed by atoms with Crippen molar-refractivity contribution in [3.8, 4) is 5.69 Å². The van der Waals surface area contributed by atoms with Crippen molar-refractivity contribution in [3.63, 3.8) is 0 Å². The predicted molar refractivity (Wildman–Crippen MR) is 93.3 cm³/mol. The van der Waals surface area contributed by atoms with E-state index < -0.39 is 0 Å². The van der Waals surface area contributed by atoms with E-state index >= 15 is 0 Å². The van der Waals surface area contributed by atoms with Gasteiger partial charge in [-0.1, -0.05) is 17.7 Å². The quantitative estimate of drug-likeness (QED) is 0.939. The SMILES string of the molecule is Cc1cc(C(=O)N2CCC(CN)C2)c(C)n1-c1cccc(Cl)c1. The minimum Gasteiger partial charge on any atom is -0.338 e. The van der Waals surface area contributed by atoms with Crippen molar-refractivity contribution in [2.45, 2.75) is 20.3 Å². The van der Waals surface area contributed by atoms with Crippen LogP contribution in [0.25, 0.3) is 5.69 Å². The number of hydrogen-bond acceptors (Lipinski definition) is 2. The predicted octanol–water partition coefficient (Wildman–Crippen LogP) is 3.17. The van der Waals surface area contributed by atoms with E-state index in [9.17, 15) is 4.79 Å². The molecule has 1 unspecified atom stereocenters. The molecule has 1 aromatic heterocycles. The number of rotatable bonds is 3. The first kappa shape index (κ1) is 16.1. The molecule has 1 aliphatic heterocycles. The molecule has 1 aliphatic rings. The summed E-state index contributed by atoms with van der Waals surface area (Å²) in [5, 5.41) is 0.688. The van der Waals surface area contributed by atoms with Crippen LogP contribution < -0.4 is 5.73 Å². The second-order valence-corrected chi connectivity index (χ2v) is 6.68. The molecule has 1 amide bonds. The van der Waals surface area contributed by atoms with Crippen molar-refractivity contribution in [2.24, 2.45) is 11.7 Å². The summed E-state index contributed by atoms with van der Waals surface area (Å²) in [4.78, 5) is 14.8. The lowest BCUT2D eigenvalue weighted by Gasteiger charge is -2.16. The number of aromatic nitrogens is 1. The van der Waals surface area contributed by atoms with Crippen molar-refractivity contribution < 1.29 is 4.79 Å². The highest BCUT2D eigenvalue weighted by atomic mass is 35.5. The number of aryl methyl sites for hydroxylation is 1. The largest absolute Gasteiger partial charge is 0.338 e. The van der Waals surface area contributed by atoms with Gasteiger partial charge in [0.2, 0.25) is 0 Å². The Balaban J connectivity index is 1.93. The van der Waals surface area contributed by atoms with Gasteiger partial charge in [-0.05, 0) is 57.0 Å². The molecule has 4 nitrogen and oxygen atoms in total. The Morgan fingerprint density at radius 2 is 2.13 bits per heavy atom. The second-order valence-electron chi connectivity index (χ2n) is 6.24. The number of nitrogens with zero attached hydrogens (tertiary/aromatic N) is 2. The van der Waals surface area contributed by atoms with Gasteiger partial charge in [0.1, 0.15) is 0 Å². The summed E-state index contributed by atoms with van der Waals surface area (Å²) in [6.07, 6.45) is 0.995. The minimum atomic E-state index is 0.0994. The monoisotopic (exact) mass is 331 g/mol. The maximum atomic E-state index is 12.8. The highest BCUT2D eigenvalue weighted by Gasteiger charge is 2.28. The van der Waals surface area contributed by atoms with Crippen molar-refractivity contribution in [1.29, 1.82) is 0 Å². The van der Waals surface area contributed by atoms with Gasteiger partial charge >= 0.3 is 0 Å². The molecule has 0 radical (unpaired) electrons. The minimum absolute atomic E-state index is 0.0994. The zero-order valence-corrected chi connectivity index (χ0v) is 14.3. The molecule has 2 heterocycles. The molecule has 1 aromatic carbocycles. The van der Waals surface area contributed by atoms with Crippen LogP contribution in [0, 0.1) is 19.8 Å². The van der Waals surface area contributed by atoms with Gasteiger partial charge in [-0.15, -0.1) is 0 Å². The standard InChI is InChI=1S/C18H22ClN3O/c1-12-8-17(18(23)21-7-6-14(10-20)11-21)13(2)22(12)16-5-3-4-15(19)9-16/h3-5,8-9,14H,6-7,10-11,20H2,1-2H3. The summed E-state index contributed by atoms with van der Waals surface area (Å²) in [6.45, 7) is 6.19. The van der Waals surface area contributed by atoms with Crippen molar-refractivity contribution in [3.05, 3.63) is 52.3 Å². The zero-order chi connectivity index (χ0) is 16.6. The van der Waals surface area contributed by atoms with E-state index in [4.69, 9.17) is 17.3 Å².